The summed E-state index contributed by atoms with van der Waals surface area (Å²) in [5, 5.41) is 0. The van der Waals surface area contributed by atoms with E-state index in [-0.39, 0.29) is 13.6 Å². The molecule has 0 fully saturated rings. The third kappa shape index (κ3) is 8.22. The monoisotopic (exact) mass is 268 g/mol. The number of carbonyl (C=O) groups excluding carboxylic acids is 1. The Kier molecular flexibility index (Phi) is 20.7. The zero-order valence-electron chi connectivity index (χ0n) is 7.64. The van der Waals surface area contributed by atoms with Gasteiger partial charge in [0, 0.05) is 0 Å². The van der Waals surface area contributed by atoms with Gasteiger partial charge in [0.15, 0.2) is 0 Å². The standard InChI is InChI=1S/C3H9O3P.CO.Fe.2NO/c1-4-7(5-2)6-3;1-2;;2*1-2/h1-3H3;;;;/q;;;2*-1. The summed E-state index contributed by atoms with van der Waals surface area (Å²) < 4.78 is 14.6. The Balaban J connectivity index is -0.000000266. The van der Waals surface area contributed by atoms with E-state index in [2.05, 4.69) is 0 Å². The Bertz CT molecular complexity index is 217. The zero-order valence-corrected chi connectivity index (χ0v) is 9.64. The van der Waals surface area contributed by atoms with Gasteiger partial charge in [0.1, 0.15) is 0 Å². The maximum Gasteiger partial charge on any atom is -0.423 e. The van der Waals surface area contributed by atoms with E-state index in [9.17, 15) is 4.79 Å². The van der Waals surface area contributed by atoms with Crippen molar-refractivity contribution in [2.75, 3.05) is 21.3 Å². The molecule has 0 saturated heterocycles. The first kappa shape index (κ1) is 19.2. The molecule has 0 aliphatic heterocycles. The first-order valence-corrected chi connectivity index (χ1v) is 6.12. The molecular weight excluding hydrogens is 259 g/mol. The van der Waals surface area contributed by atoms with Crippen molar-refractivity contribution in [1.29, 1.82) is 0 Å². The van der Waals surface area contributed by atoms with Crippen molar-refractivity contribution >= 4 is 11.0 Å². The van der Waals surface area contributed by atoms with E-state index in [1.807, 2.05) is 0 Å². The molecule has 0 aliphatic carbocycles. The molecule has 0 aromatic heterocycles. The molecule has 0 heterocycles. The fourth-order valence-corrected chi connectivity index (χ4v) is 2.36. The van der Waals surface area contributed by atoms with Crippen LogP contribution in [0.2, 0.25) is 0 Å². The Morgan fingerprint density at radius 2 is 1.29 bits per heavy atom. The molecule has 0 radical (unpaired) electrons. The van der Waals surface area contributed by atoms with Crippen LogP contribution in [0.5, 0.6) is 0 Å². The first-order chi connectivity index (χ1) is 6.74. The van der Waals surface area contributed by atoms with Gasteiger partial charge in [-0.25, -0.2) is 0 Å². The van der Waals surface area contributed by atoms with Gasteiger partial charge in [0.05, 0.1) is 0 Å². The molecular formula is C4H9FeN2O6P-2. The summed E-state index contributed by atoms with van der Waals surface area (Å²) in [6.45, 7) is 0. The molecule has 0 amide bonds. The third-order valence-corrected chi connectivity index (χ3v) is 5.33. The summed E-state index contributed by atoms with van der Waals surface area (Å²) in [5.74, 6) is 0. The van der Waals surface area contributed by atoms with E-state index in [4.69, 9.17) is 34.6 Å². The van der Waals surface area contributed by atoms with Crippen LogP contribution in [0.1, 0.15) is 0 Å². The van der Waals surface area contributed by atoms with Crippen molar-refractivity contribution in [2.24, 2.45) is 0 Å². The first-order valence-electron chi connectivity index (χ1n) is 2.68. The molecule has 0 aromatic rings. The Labute approximate surface area is 85.8 Å². The maximum absolute atomic E-state index is 9.96. The minimum atomic E-state index is -2.36. The minimum Gasteiger partial charge on any atom is -0.577 e. The largest absolute Gasteiger partial charge is 0.577 e. The molecule has 86 valence electrons. The minimum absolute atomic E-state index is 0.0521. The topological polar surface area (TPSA) is 124 Å². The summed E-state index contributed by atoms with van der Waals surface area (Å²) in [7, 11) is 4.33. The summed E-state index contributed by atoms with van der Waals surface area (Å²) in [5.41, 5.74) is 11.5. The van der Waals surface area contributed by atoms with Gasteiger partial charge in [-0.2, -0.15) is 0 Å². The Hall–Kier alpha value is -0.391. The fraction of sp³-hybridized carbons (Fsp3) is 0.750. The van der Waals surface area contributed by atoms with Crippen LogP contribution in [0.25, 0.3) is 11.2 Å². The predicted octanol–water partition coefficient (Wildman–Crippen LogP) is 1.40. The second-order valence-electron chi connectivity index (χ2n) is 1.12. The average molecular weight is 268 g/mol. The van der Waals surface area contributed by atoms with Gasteiger partial charge >= 0.3 is 64.3 Å². The zero-order chi connectivity index (χ0) is 12.0. The summed E-state index contributed by atoms with van der Waals surface area (Å²) in [6, 6.07) is 0. The second-order valence-corrected chi connectivity index (χ2v) is 5.98. The molecule has 10 heteroatoms. The van der Waals surface area contributed by atoms with Crippen LogP contribution in [0.3, 0.4) is 0 Å². The van der Waals surface area contributed by atoms with Crippen molar-refractivity contribution in [3.8, 4) is 0 Å². The van der Waals surface area contributed by atoms with Gasteiger partial charge in [-0.3, -0.25) is 0 Å². The SMILES string of the molecule is CO[P](OC)(OC)=[Fe]=[C]=O.[N-]=O.[N-]=O. The van der Waals surface area contributed by atoms with E-state index < -0.39 is 6.19 Å². The molecule has 0 rings (SSSR count). The predicted molar refractivity (Wildman–Crippen MR) is 47.1 cm³/mol. The van der Waals surface area contributed by atoms with Crippen LogP contribution in [0, 0.1) is 9.81 Å². The van der Waals surface area contributed by atoms with Crippen LogP contribution in [0.4, 0.5) is 0 Å². The molecule has 0 N–H and O–H groups in total. The number of nitroso groups, excluding NO2 is 2. The second kappa shape index (κ2) is 15.1. The summed E-state index contributed by atoms with van der Waals surface area (Å²) in [6.07, 6.45) is -2.36. The van der Waals surface area contributed by atoms with Gasteiger partial charge in [-0.05, 0) is 0 Å². The van der Waals surface area contributed by atoms with E-state index in [0.717, 1.165) is 0 Å². The van der Waals surface area contributed by atoms with E-state index in [1.54, 1.807) is 4.79 Å². The number of hydrogen-bond acceptors (Lipinski definition) is 6. The molecule has 0 bridgehead atoms. The molecule has 8 nitrogen and oxygen atoms in total. The van der Waals surface area contributed by atoms with Crippen molar-refractivity contribution in [3.63, 3.8) is 0 Å². The molecule has 14 heavy (non-hydrogen) atoms. The number of hydrogen-bond donors (Lipinski definition) is 0. The van der Waals surface area contributed by atoms with Gasteiger partial charge < -0.3 is 21.0 Å². The smallest absolute Gasteiger partial charge is 0.423 e. The van der Waals surface area contributed by atoms with Crippen LogP contribution in [0.15, 0.2) is 0 Å². The molecule has 0 unspecified atom stereocenters. The fourth-order valence-electron chi connectivity index (χ4n) is 0.360. The molecule has 0 atom stereocenters. The van der Waals surface area contributed by atoms with Crippen molar-refractivity contribution in [1.82, 2.24) is 0 Å². The molecule has 0 spiro atoms. The van der Waals surface area contributed by atoms with E-state index in [1.165, 1.54) is 21.3 Å². The normalized spacial score (nSPS) is 8.50. The summed E-state index contributed by atoms with van der Waals surface area (Å²) >= 11 is 0.0521. The Morgan fingerprint density at radius 3 is 1.36 bits per heavy atom. The number of rotatable bonds is 3. The quantitative estimate of drug-likeness (QED) is 0.562. The third-order valence-electron chi connectivity index (χ3n) is 0.770. The number of nitrogens with zero attached hydrogens (tertiary/aromatic N) is 2. The van der Waals surface area contributed by atoms with Gasteiger partial charge in [0.2, 0.25) is 0 Å². The molecule has 0 saturated carbocycles. The van der Waals surface area contributed by atoms with Crippen molar-refractivity contribution in [3.05, 3.63) is 21.0 Å². The summed E-state index contributed by atoms with van der Waals surface area (Å²) in [4.78, 5) is 26.1. The van der Waals surface area contributed by atoms with Crippen LogP contribution in [-0.4, -0.2) is 26.1 Å². The van der Waals surface area contributed by atoms with Crippen molar-refractivity contribution < 1.29 is 32.0 Å². The van der Waals surface area contributed by atoms with Crippen LogP contribution in [-0.2, 0) is 32.0 Å². The van der Waals surface area contributed by atoms with Crippen LogP contribution >= 0.6 is 6.19 Å². The Morgan fingerprint density at radius 1 is 1.00 bits per heavy atom. The average Bonchev–Trinajstić information content (AvgIpc) is 2.31. The van der Waals surface area contributed by atoms with Crippen LogP contribution < -0.4 is 0 Å². The molecule has 0 aliphatic rings. The van der Waals surface area contributed by atoms with E-state index >= 15 is 0 Å². The van der Waals surface area contributed by atoms with Gasteiger partial charge in [0.25, 0.3) is 0 Å². The van der Waals surface area contributed by atoms with E-state index in [0.29, 0.717) is 0 Å². The van der Waals surface area contributed by atoms with Gasteiger partial charge in [-0.15, -0.1) is 0 Å². The van der Waals surface area contributed by atoms with Crippen molar-refractivity contribution in [2.45, 2.75) is 0 Å². The maximum atomic E-state index is 9.96. The molecule has 0 aromatic carbocycles. The van der Waals surface area contributed by atoms with Gasteiger partial charge in [-0.1, -0.05) is 0 Å².